The van der Waals surface area contributed by atoms with Crippen LogP contribution < -0.4 is 11.1 Å². The van der Waals surface area contributed by atoms with Crippen LogP contribution in [0.25, 0.3) is 0 Å². The van der Waals surface area contributed by atoms with Gasteiger partial charge < -0.3 is 20.9 Å². The second-order valence-electron chi connectivity index (χ2n) is 5.95. The number of nitrogens with one attached hydrogen (secondary N) is 1. The number of amides is 1. The van der Waals surface area contributed by atoms with Crippen molar-refractivity contribution < 1.29 is 19.4 Å². The molecule has 0 aromatic heterocycles. The average Bonchev–Trinajstić information content (AvgIpc) is 2.80. The zero-order chi connectivity index (χ0) is 14.1. The highest BCUT2D eigenvalue weighted by molar-refractivity contribution is 5.87. The van der Waals surface area contributed by atoms with Gasteiger partial charge in [-0.25, -0.2) is 0 Å². The van der Waals surface area contributed by atoms with Gasteiger partial charge in [0.25, 0.3) is 0 Å². The number of carboxylic acids is 1. The van der Waals surface area contributed by atoms with E-state index in [2.05, 4.69) is 5.32 Å². The molecule has 0 aromatic carbocycles. The molecule has 1 saturated heterocycles. The van der Waals surface area contributed by atoms with Crippen LogP contribution in [0.5, 0.6) is 0 Å². The number of rotatable bonds is 3. The molecular weight excluding hydrogens is 248 g/mol. The lowest BCUT2D eigenvalue weighted by Gasteiger charge is -2.39. The Hall–Kier alpha value is -1.14. The van der Waals surface area contributed by atoms with Crippen LogP contribution in [0.4, 0.5) is 0 Å². The molecule has 2 rings (SSSR count). The average molecular weight is 270 g/mol. The topological polar surface area (TPSA) is 102 Å². The number of ether oxygens (including phenoxy) is 1. The number of carbonyl (C=O) groups is 2. The highest BCUT2D eigenvalue weighted by atomic mass is 16.5. The summed E-state index contributed by atoms with van der Waals surface area (Å²) in [5, 5.41) is 12.3. The second-order valence-corrected chi connectivity index (χ2v) is 5.95. The van der Waals surface area contributed by atoms with E-state index in [0.29, 0.717) is 25.9 Å². The van der Waals surface area contributed by atoms with Crippen molar-refractivity contribution in [2.45, 2.75) is 50.6 Å². The maximum absolute atomic E-state index is 12.2. The van der Waals surface area contributed by atoms with E-state index in [1.807, 2.05) is 0 Å². The largest absolute Gasteiger partial charge is 0.481 e. The van der Waals surface area contributed by atoms with Gasteiger partial charge in [-0.3, -0.25) is 9.59 Å². The monoisotopic (exact) mass is 270 g/mol. The molecule has 0 radical (unpaired) electrons. The summed E-state index contributed by atoms with van der Waals surface area (Å²) in [6, 6.07) is -0.354. The van der Waals surface area contributed by atoms with Crippen LogP contribution in [-0.4, -0.2) is 41.8 Å². The van der Waals surface area contributed by atoms with Crippen molar-refractivity contribution in [3.8, 4) is 0 Å². The first-order valence-corrected chi connectivity index (χ1v) is 6.79. The van der Waals surface area contributed by atoms with Gasteiger partial charge in [-0.1, -0.05) is 12.8 Å². The molecule has 1 saturated carbocycles. The molecule has 2 aliphatic rings. The number of nitrogens with two attached hydrogens (primary N) is 1. The van der Waals surface area contributed by atoms with E-state index >= 15 is 0 Å². The molecule has 1 aliphatic heterocycles. The summed E-state index contributed by atoms with van der Waals surface area (Å²) >= 11 is 0. The SMILES string of the molecule is CC1(C(=O)O)CCCCC1NC(=O)C1(N)CCOC1. The Morgan fingerprint density at radius 2 is 2.11 bits per heavy atom. The third-order valence-corrected chi connectivity index (χ3v) is 4.51. The van der Waals surface area contributed by atoms with E-state index in [4.69, 9.17) is 10.5 Å². The fourth-order valence-electron chi connectivity index (χ4n) is 2.88. The number of carboxylic acid groups (broad SMARTS) is 1. The highest BCUT2D eigenvalue weighted by Crippen LogP contribution is 2.36. The molecule has 1 heterocycles. The maximum atomic E-state index is 12.2. The van der Waals surface area contributed by atoms with E-state index in [9.17, 15) is 14.7 Å². The van der Waals surface area contributed by atoms with Crippen LogP contribution in [0.2, 0.25) is 0 Å². The predicted molar refractivity (Wildman–Crippen MR) is 68.5 cm³/mol. The smallest absolute Gasteiger partial charge is 0.311 e. The summed E-state index contributed by atoms with van der Waals surface area (Å²) in [6.45, 7) is 2.38. The lowest BCUT2D eigenvalue weighted by atomic mass is 9.71. The van der Waals surface area contributed by atoms with Gasteiger partial charge in [0.1, 0.15) is 5.54 Å². The fraction of sp³-hybridized carbons (Fsp3) is 0.846. The molecule has 0 spiro atoms. The minimum Gasteiger partial charge on any atom is -0.481 e. The van der Waals surface area contributed by atoms with Crippen LogP contribution in [-0.2, 0) is 14.3 Å². The van der Waals surface area contributed by atoms with E-state index in [1.54, 1.807) is 6.92 Å². The van der Waals surface area contributed by atoms with Crippen molar-refractivity contribution in [2.24, 2.45) is 11.1 Å². The minimum atomic E-state index is -1.00. The van der Waals surface area contributed by atoms with Crippen molar-refractivity contribution in [1.82, 2.24) is 5.32 Å². The molecule has 3 atom stereocenters. The van der Waals surface area contributed by atoms with E-state index in [0.717, 1.165) is 12.8 Å². The van der Waals surface area contributed by atoms with Crippen molar-refractivity contribution in [1.29, 1.82) is 0 Å². The molecular formula is C13H22N2O4. The number of hydrogen-bond donors (Lipinski definition) is 3. The second kappa shape index (κ2) is 5.09. The molecule has 6 heteroatoms. The van der Waals surface area contributed by atoms with Crippen LogP contribution in [0.1, 0.15) is 39.0 Å². The fourth-order valence-corrected chi connectivity index (χ4v) is 2.88. The molecule has 0 bridgehead atoms. The lowest BCUT2D eigenvalue weighted by molar-refractivity contribution is -0.152. The normalized spacial score (nSPS) is 38.9. The molecule has 19 heavy (non-hydrogen) atoms. The third kappa shape index (κ3) is 2.60. The van der Waals surface area contributed by atoms with Gasteiger partial charge in [0, 0.05) is 12.6 Å². The van der Waals surface area contributed by atoms with Crippen LogP contribution in [0.15, 0.2) is 0 Å². The van der Waals surface area contributed by atoms with Gasteiger partial charge >= 0.3 is 5.97 Å². The van der Waals surface area contributed by atoms with Crippen molar-refractivity contribution in [3.63, 3.8) is 0 Å². The van der Waals surface area contributed by atoms with Crippen LogP contribution in [0, 0.1) is 5.41 Å². The van der Waals surface area contributed by atoms with Gasteiger partial charge in [0.15, 0.2) is 0 Å². The summed E-state index contributed by atoms with van der Waals surface area (Å²) in [7, 11) is 0. The predicted octanol–water partition coefficient (Wildman–Crippen LogP) is 0.254. The molecule has 0 aromatic rings. The molecule has 2 fully saturated rings. The quantitative estimate of drug-likeness (QED) is 0.682. The van der Waals surface area contributed by atoms with Gasteiger partial charge in [0.05, 0.1) is 12.0 Å². The first-order valence-electron chi connectivity index (χ1n) is 6.79. The minimum absolute atomic E-state index is 0.204. The Morgan fingerprint density at radius 3 is 2.68 bits per heavy atom. The first-order chi connectivity index (χ1) is 8.88. The van der Waals surface area contributed by atoms with Crippen molar-refractivity contribution in [2.75, 3.05) is 13.2 Å². The zero-order valence-corrected chi connectivity index (χ0v) is 11.3. The van der Waals surface area contributed by atoms with Gasteiger partial charge in [-0.2, -0.15) is 0 Å². The zero-order valence-electron chi connectivity index (χ0n) is 11.3. The summed E-state index contributed by atoms with van der Waals surface area (Å²) < 4.78 is 5.17. The molecule has 1 amide bonds. The molecule has 6 nitrogen and oxygen atoms in total. The third-order valence-electron chi connectivity index (χ3n) is 4.51. The molecule has 3 unspecified atom stereocenters. The molecule has 1 aliphatic carbocycles. The van der Waals surface area contributed by atoms with E-state index in [1.165, 1.54) is 0 Å². The summed E-state index contributed by atoms with van der Waals surface area (Å²) in [5.41, 5.74) is 4.10. The van der Waals surface area contributed by atoms with Gasteiger partial charge in [-0.05, 0) is 26.2 Å². The summed E-state index contributed by atoms with van der Waals surface area (Å²) in [4.78, 5) is 23.7. The lowest BCUT2D eigenvalue weighted by Crippen LogP contribution is -2.61. The molecule has 108 valence electrons. The van der Waals surface area contributed by atoms with Crippen molar-refractivity contribution >= 4 is 11.9 Å². The number of aliphatic carboxylic acids is 1. The Morgan fingerprint density at radius 1 is 1.37 bits per heavy atom. The van der Waals surface area contributed by atoms with E-state index in [-0.39, 0.29) is 18.6 Å². The number of carbonyl (C=O) groups excluding carboxylic acids is 1. The number of hydrogen-bond acceptors (Lipinski definition) is 4. The Balaban J connectivity index is 2.08. The summed E-state index contributed by atoms with van der Waals surface area (Å²) in [5.74, 6) is -1.14. The van der Waals surface area contributed by atoms with Gasteiger partial charge in [0.2, 0.25) is 5.91 Å². The van der Waals surface area contributed by atoms with E-state index < -0.39 is 16.9 Å². The summed E-state index contributed by atoms with van der Waals surface area (Å²) in [6.07, 6.45) is 3.57. The first kappa shape index (κ1) is 14.3. The van der Waals surface area contributed by atoms with Crippen LogP contribution >= 0.6 is 0 Å². The Labute approximate surface area is 112 Å². The molecule has 4 N–H and O–H groups in total. The highest BCUT2D eigenvalue weighted by Gasteiger charge is 2.46. The maximum Gasteiger partial charge on any atom is 0.311 e. The Kier molecular flexibility index (Phi) is 3.82. The standard InChI is InChI=1S/C13H22N2O4/c1-12(11(17)18)5-3-2-4-9(12)15-10(16)13(14)6-7-19-8-13/h9H,2-8,14H2,1H3,(H,15,16)(H,17,18). The Bertz CT molecular complexity index is 379. The van der Waals surface area contributed by atoms with Crippen LogP contribution in [0.3, 0.4) is 0 Å². The van der Waals surface area contributed by atoms with Gasteiger partial charge in [-0.15, -0.1) is 0 Å². The van der Waals surface area contributed by atoms with Crippen molar-refractivity contribution in [3.05, 3.63) is 0 Å².